The summed E-state index contributed by atoms with van der Waals surface area (Å²) in [6, 6.07) is 10.4. The van der Waals surface area contributed by atoms with Gasteiger partial charge in [0, 0.05) is 29.8 Å². The molecule has 118 valence electrons. The number of aryl methyl sites for hydroxylation is 1. The lowest BCUT2D eigenvalue weighted by Crippen LogP contribution is -2.06. The zero-order valence-electron chi connectivity index (χ0n) is 12.9. The van der Waals surface area contributed by atoms with Gasteiger partial charge < -0.3 is 5.32 Å². The topological polar surface area (TPSA) is 50.7 Å². The van der Waals surface area contributed by atoms with Crippen LogP contribution in [0.15, 0.2) is 53.9 Å². The monoisotopic (exact) mass is 342 g/mol. The van der Waals surface area contributed by atoms with Crippen LogP contribution in [0.2, 0.25) is 0 Å². The maximum Gasteiger partial charge on any atom is 0.145 e. The average molecular weight is 342 g/mol. The van der Waals surface area contributed by atoms with Gasteiger partial charge in [0.05, 0.1) is 17.4 Å². The van der Waals surface area contributed by atoms with Crippen molar-refractivity contribution < 1.29 is 0 Å². The van der Waals surface area contributed by atoms with Crippen LogP contribution >= 0.6 is 23.1 Å². The summed E-state index contributed by atoms with van der Waals surface area (Å²) in [5.74, 6) is 1.72. The first-order valence-corrected chi connectivity index (χ1v) is 9.24. The van der Waals surface area contributed by atoms with Crippen molar-refractivity contribution >= 4 is 28.9 Å². The Bertz CT molecular complexity index is 743. The molecule has 0 atom stereocenters. The maximum absolute atomic E-state index is 4.60. The van der Waals surface area contributed by atoms with E-state index in [0.29, 0.717) is 0 Å². The Labute approximate surface area is 144 Å². The van der Waals surface area contributed by atoms with Crippen LogP contribution in [0.5, 0.6) is 0 Å². The van der Waals surface area contributed by atoms with Crippen molar-refractivity contribution in [2.24, 2.45) is 0 Å². The van der Waals surface area contributed by atoms with E-state index in [4.69, 9.17) is 0 Å². The first kappa shape index (κ1) is 16.0. The zero-order valence-corrected chi connectivity index (χ0v) is 14.5. The molecule has 0 amide bonds. The second kappa shape index (κ2) is 8.08. The molecule has 0 radical (unpaired) electrons. The molecule has 0 saturated carbocycles. The summed E-state index contributed by atoms with van der Waals surface area (Å²) in [4.78, 5) is 14.5. The molecule has 23 heavy (non-hydrogen) atoms. The van der Waals surface area contributed by atoms with Gasteiger partial charge in [0.2, 0.25) is 0 Å². The van der Waals surface area contributed by atoms with Crippen LogP contribution in [0.1, 0.15) is 15.4 Å². The van der Waals surface area contributed by atoms with E-state index < -0.39 is 0 Å². The number of benzene rings is 1. The second-order valence-electron chi connectivity index (χ2n) is 5.06. The third-order valence-electron chi connectivity index (χ3n) is 3.16. The van der Waals surface area contributed by atoms with Gasteiger partial charge in [0.1, 0.15) is 10.8 Å². The number of thioether (sulfide) groups is 1. The Morgan fingerprint density at radius 3 is 2.78 bits per heavy atom. The number of rotatable bonds is 7. The largest absolute Gasteiger partial charge is 0.368 e. The van der Waals surface area contributed by atoms with Crippen molar-refractivity contribution in [3.05, 3.63) is 64.4 Å². The molecule has 1 aromatic carbocycles. The molecule has 6 heteroatoms. The fraction of sp³-hybridized carbons (Fsp3) is 0.235. The van der Waals surface area contributed by atoms with Crippen molar-refractivity contribution in [3.8, 4) is 0 Å². The lowest BCUT2D eigenvalue weighted by atomic mass is 10.2. The SMILES string of the molecule is Cc1cnc(CCNc2cncc(SCc3ccccc3)n2)s1. The molecule has 3 rings (SSSR count). The van der Waals surface area contributed by atoms with E-state index in [-0.39, 0.29) is 0 Å². The summed E-state index contributed by atoms with van der Waals surface area (Å²) < 4.78 is 0. The third-order valence-corrected chi connectivity index (χ3v) is 5.10. The van der Waals surface area contributed by atoms with Crippen molar-refractivity contribution in [2.75, 3.05) is 11.9 Å². The summed E-state index contributed by atoms with van der Waals surface area (Å²) in [6.07, 6.45) is 6.39. The van der Waals surface area contributed by atoms with E-state index in [1.807, 2.05) is 18.5 Å². The fourth-order valence-corrected chi connectivity index (χ4v) is 3.64. The van der Waals surface area contributed by atoms with Crippen molar-refractivity contribution in [1.29, 1.82) is 0 Å². The molecule has 0 spiro atoms. The number of hydrogen-bond acceptors (Lipinski definition) is 6. The summed E-state index contributed by atoms with van der Waals surface area (Å²) in [5, 5.41) is 5.41. The van der Waals surface area contributed by atoms with Gasteiger partial charge in [-0.1, -0.05) is 30.3 Å². The number of anilines is 1. The zero-order chi connectivity index (χ0) is 15.9. The number of nitrogens with one attached hydrogen (secondary N) is 1. The Hall–Kier alpha value is -1.92. The lowest BCUT2D eigenvalue weighted by molar-refractivity contribution is 0.963. The molecule has 2 aromatic heterocycles. The van der Waals surface area contributed by atoms with Gasteiger partial charge in [-0.2, -0.15) is 0 Å². The Kier molecular flexibility index (Phi) is 5.60. The summed E-state index contributed by atoms with van der Waals surface area (Å²) >= 11 is 3.44. The highest BCUT2D eigenvalue weighted by Crippen LogP contribution is 2.21. The minimum absolute atomic E-state index is 0.814. The molecule has 3 aromatic rings. The van der Waals surface area contributed by atoms with Crippen LogP contribution in [0.4, 0.5) is 5.82 Å². The van der Waals surface area contributed by atoms with Crippen molar-refractivity contribution in [1.82, 2.24) is 15.0 Å². The molecular weight excluding hydrogens is 324 g/mol. The number of nitrogens with zero attached hydrogens (tertiary/aromatic N) is 3. The minimum atomic E-state index is 0.814. The highest BCUT2D eigenvalue weighted by molar-refractivity contribution is 7.98. The van der Waals surface area contributed by atoms with Gasteiger partial charge in [0.15, 0.2) is 0 Å². The van der Waals surface area contributed by atoms with E-state index in [0.717, 1.165) is 34.6 Å². The molecule has 0 bridgehead atoms. The summed E-state index contributed by atoms with van der Waals surface area (Å²) in [5.41, 5.74) is 1.29. The van der Waals surface area contributed by atoms with E-state index >= 15 is 0 Å². The van der Waals surface area contributed by atoms with Crippen LogP contribution < -0.4 is 5.32 Å². The Balaban J connectivity index is 1.50. The van der Waals surface area contributed by atoms with Crippen molar-refractivity contribution in [3.63, 3.8) is 0 Å². The highest BCUT2D eigenvalue weighted by atomic mass is 32.2. The summed E-state index contributed by atoms with van der Waals surface area (Å²) in [7, 11) is 0. The van der Waals surface area contributed by atoms with Gasteiger partial charge in [-0.15, -0.1) is 23.1 Å². The van der Waals surface area contributed by atoms with Gasteiger partial charge in [-0.25, -0.2) is 9.97 Å². The van der Waals surface area contributed by atoms with Crippen LogP contribution in [-0.2, 0) is 12.2 Å². The third kappa shape index (κ3) is 5.04. The Morgan fingerprint density at radius 2 is 2.00 bits per heavy atom. The first-order chi connectivity index (χ1) is 11.3. The Morgan fingerprint density at radius 1 is 1.13 bits per heavy atom. The maximum atomic E-state index is 4.60. The van der Waals surface area contributed by atoms with E-state index in [1.165, 1.54) is 10.4 Å². The predicted octanol–water partition coefficient (Wildman–Crippen LogP) is 4.19. The highest BCUT2D eigenvalue weighted by Gasteiger charge is 2.02. The average Bonchev–Trinajstić information content (AvgIpc) is 3.00. The second-order valence-corrected chi connectivity index (χ2v) is 7.37. The fourth-order valence-electron chi connectivity index (χ4n) is 2.05. The standard InChI is InChI=1S/C17H18N4S2/c1-13-9-20-16(23-13)7-8-19-15-10-18-11-17(21-15)22-12-14-5-3-2-4-6-14/h2-6,9-11H,7-8,12H2,1H3,(H,19,21). The number of aromatic nitrogens is 3. The van der Waals surface area contributed by atoms with Gasteiger partial charge in [0.25, 0.3) is 0 Å². The van der Waals surface area contributed by atoms with Crippen molar-refractivity contribution in [2.45, 2.75) is 24.1 Å². The quantitative estimate of drug-likeness (QED) is 0.653. The molecule has 0 aliphatic heterocycles. The molecule has 2 heterocycles. The van der Waals surface area contributed by atoms with E-state index in [9.17, 15) is 0 Å². The predicted molar refractivity (Wildman–Crippen MR) is 97.1 cm³/mol. The minimum Gasteiger partial charge on any atom is -0.368 e. The van der Waals surface area contributed by atoms with Crippen LogP contribution in [0.25, 0.3) is 0 Å². The lowest BCUT2D eigenvalue weighted by Gasteiger charge is -2.06. The molecule has 1 N–H and O–H groups in total. The van der Waals surface area contributed by atoms with Gasteiger partial charge in [-0.05, 0) is 12.5 Å². The summed E-state index contributed by atoms with van der Waals surface area (Å²) in [6.45, 7) is 2.89. The van der Waals surface area contributed by atoms with Gasteiger partial charge in [-0.3, -0.25) is 4.98 Å². The smallest absolute Gasteiger partial charge is 0.145 e. The van der Waals surface area contributed by atoms with E-state index in [2.05, 4.69) is 51.5 Å². The first-order valence-electron chi connectivity index (χ1n) is 7.43. The molecule has 0 fully saturated rings. The van der Waals surface area contributed by atoms with E-state index in [1.54, 1.807) is 29.3 Å². The molecule has 0 saturated heterocycles. The molecule has 0 aliphatic carbocycles. The molecule has 0 unspecified atom stereocenters. The number of thiazole rings is 1. The van der Waals surface area contributed by atoms with Crippen LogP contribution in [0, 0.1) is 6.92 Å². The molecular formula is C17H18N4S2. The molecule has 4 nitrogen and oxygen atoms in total. The van der Waals surface area contributed by atoms with Gasteiger partial charge >= 0.3 is 0 Å². The van der Waals surface area contributed by atoms with Crippen LogP contribution in [-0.4, -0.2) is 21.5 Å². The normalized spacial score (nSPS) is 10.7. The molecule has 0 aliphatic rings. The van der Waals surface area contributed by atoms with Crippen LogP contribution in [0.3, 0.4) is 0 Å². The number of hydrogen-bond donors (Lipinski definition) is 1.